The fourth-order valence-electron chi connectivity index (χ4n) is 4.29. The van der Waals surface area contributed by atoms with E-state index >= 15 is 0 Å². The van der Waals surface area contributed by atoms with Crippen LogP contribution < -0.4 is 0 Å². The van der Waals surface area contributed by atoms with Gasteiger partial charge in [0.05, 0.1) is 6.10 Å². The Bertz CT molecular complexity index is 750. The molecule has 0 radical (unpaired) electrons. The minimum absolute atomic E-state index is 0.0614. The van der Waals surface area contributed by atoms with Crippen LogP contribution in [0.3, 0.4) is 0 Å². The maximum Gasteiger partial charge on any atom is 0.185 e. The molecule has 1 atom stereocenters. The maximum absolute atomic E-state index is 11.6. The SMILES string of the molecule is C=CC(=O)c1ccc(-c2ccc(C(O)C3CCC(CCC)CC3)cc2)cc1. The van der Waals surface area contributed by atoms with E-state index in [0.717, 1.165) is 35.4 Å². The molecule has 2 aromatic rings. The number of aliphatic hydroxyl groups is 1. The van der Waals surface area contributed by atoms with Gasteiger partial charge >= 0.3 is 0 Å². The second kappa shape index (κ2) is 9.14. The van der Waals surface area contributed by atoms with Gasteiger partial charge < -0.3 is 5.11 Å². The summed E-state index contributed by atoms with van der Waals surface area (Å²) in [6.45, 7) is 5.78. The lowest BCUT2D eigenvalue weighted by atomic mass is 9.76. The van der Waals surface area contributed by atoms with Crippen LogP contribution in [0.5, 0.6) is 0 Å². The summed E-state index contributed by atoms with van der Waals surface area (Å²) in [6, 6.07) is 15.8. The van der Waals surface area contributed by atoms with Crippen LogP contribution in [-0.2, 0) is 0 Å². The first-order valence-corrected chi connectivity index (χ1v) is 10.2. The number of carbonyl (C=O) groups excluding carboxylic acids is 1. The number of benzene rings is 2. The van der Waals surface area contributed by atoms with Crippen molar-refractivity contribution in [3.05, 3.63) is 72.3 Å². The number of carbonyl (C=O) groups is 1. The van der Waals surface area contributed by atoms with Gasteiger partial charge in [-0.15, -0.1) is 0 Å². The van der Waals surface area contributed by atoms with Crippen LogP contribution in [-0.4, -0.2) is 10.9 Å². The highest BCUT2D eigenvalue weighted by Crippen LogP contribution is 2.38. The fourth-order valence-corrected chi connectivity index (χ4v) is 4.29. The second-order valence-corrected chi connectivity index (χ2v) is 7.78. The Kier molecular flexibility index (Phi) is 6.63. The number of ketones is 1. The molecule has 1 aliphatic carbocycles. The van der Waals surface area contributed by atoms with Gasteiger partial charge in [0.1, 0.15) is 0 Å². The van der Waals surface area contributed by atoms with Crippen molar-refractivity contribution in [2.75, 3.05) is 0 Å². The summed E-state index contributed by atoms with van der Waals surface area (Å²) in [5.41, 5.74) is 3.82. The molecule has 0 spiro atoms. The minimum atomic E-state index is -0.366. The Hall–Kier alpha value is -2.19. The van der Waals surface area contributed by atoms with Gasteiger partial charge in [-0.25, -0.2) is 0 Å². The van der Waals surface area contributed by atoms with Crippen LogP contribution in [0.15, 0.2) is 61.2 Å². The van der Waals surface area contributed by atoms with Gasteiger partial charge in [-0.05, 0) is 47.4 Å². The molecule has 2 nitrogen and oxygen atoms in total. The standard InChI is InChI=1S/C25H30O2/c1-3-5-18-6-8-22(9-7-18)25(27)23-16-12-20(13-17-23)19-10-14-21(15-11-19)24(26)4-2/h4,10-18,22,25,27H,2-3,5-9H2,1H3. The predicted octanol–water partition coefficient (Wildman–Crippen LogP) is 6.36. The van der Waals surface area contributed by atoms with Gasteiger partial charge in [0.25, 0.3) is 0 Å². The van der Waals surface area contributed by atoms with E-state index in [2.05, 4.69) is 25.6 Å². The fraction of sp³-hybridized carbons (Fsp3) is 0.400. The average molecular weight is 363 g/mol. The molecule has 0 saturated heterocycles. The van der Waals surface area contributed by atoms with Crippen molar-refractivity contribution in [2.45, 2.75) is 51.6 Å². The van der Waals surface area contributed by atoms with E-state index in [-0.39, 0.29) is 11.9 Å². The molecule has 27 heavy (non-hydrogen) atoms. The highest BCUT2D eigenvalue weighted by Gasteiger charge is 2.26. The second-order valence-electron chi connectivity index (χ2n) is 7.78. The zero-order chi connectivity index (χ0) is 19.2. The van der Waals surface area contributed by atoms with E-state index in [1.165, 1.54) is 31.8 Å². The summed E-state index contributed by atoms with van der Waals surface area (Å²) >= 11 is 0. The summed E-state index contributed by atoms with van der Waals surface area (Å²) in [7, 11) is 0. The van der Waals surface area contributed by atoms with Crippen LogP contribution in [0.25, 0.3) is 11.1 Å². The molecule has 1 N–H and O–H groups in total. The van der Waals surface area contributed by atoms with Gasteiger partial charge in [0.15, 0.2) is 5.78 Å². The van der Waals surface area contributed by atoms with E-state index in [1.54, 1.807) is 0 Å². The molecule has 2 aromatic carbocycles. The van der Waals surface area contributed by atoms with Gasteiger partial charge in [-0.3, -0.25) is 4.79 Å². The zero-order valence-corrected chi connectivity index (χ0v) is 16.2. The van der Waals surface area contributed by atoms with Crippen LogP contribution in [0.1, 0.15) is 67.5 Å². The molecular weight excluding hydrogens is 332 g/mol. The van der Waals surface area contributed by atoms with Crippen molar-refractivity contribution in [3.8, 4) is 11.1 Å². The third kappa shape index (κ3) is 4.75. The molecule has 0 aromatic heterocycles. The highest BCUT2D eigenvalue weighted by atomic mass is 16.3. The molecular formula is C25H30O2. The molecule has 0 bridgehead atoms. The largest absolute Gasteiger partial charge is 0.388 e. The Balaban J connectivity index is 1.64. The van der Waals surface area contributed by atoms with Crippen LogP contribution in [0.2, 0.25) is 0 Å². The number of rotatable bonds is 7. The first-order valence-electron chi connectivity index (χ1n) is 10.2. The summed E-state index contributed by atoms with van der Waals surface area (Å²) in [6.07, 6.45) is 8.33. The molecule has 0 aliphatic heterocycles. The van der Waals surface area contributed by atoms with E-state index in [9.17, 15) is 9.90 Å². The van der Waals surface area contributed by atoms with E-state index < -0.39 is 0 Å². The molecule has 2 heteroatoms. The maximum atomic E-state index is 11.6. The Morgan fingerprint density at radius 2 is 1.59 bits per heavy atom. The van der Waals surface area contributed by atoms with Gasteiger partial charge in [0.2, 0.25) is 0 Å². The summed E-state index contributed by atoms with van der Waals surface area (Å²) in [5, 5.41) is 10.8. The van der Waals surface area contributed by atoms with Crippen molar-refractivity contribution in [3.63, 3.8) is 0 Å². The van der Waals surface area contributed by atoms with Gasteiger partial charge in [-0.2, -0.15) is 0 Å². The van der Waals surface area contributed by atoms with Gasteiger partial charge in [0, 0.05) is 5.56 Å². The van der Waals surface area contributed by atoms with Crippen molar-refractivity contribution in [1.82, 2.24) is 0 Å². The number of hydrogen-bond acceptors (Lipinski definition) is 2. The zero-order valence-electron chi connectivity index (χ0n) is 16.2. The number of hydrogen-bond donors (Lipinski definition) is 1. The molecule has 1 unspecified atom stereocenters. The normalized spacial score (nSPS) is 20.8. The highest BCUT2D eigenvalue weighted by molar-refractivity contribution is 6.04. The molecule has 0 heterocycles. The summed E-state index contributed by atoms with van der Waals surface area (Å²) < 4.78 is 0. The van der Waals surface area contributed by atoms with Crippen LogP contribution in [0.4, 0.5) is 0 Å². The Labute approximate surface area is 162 Å². The lowest BCUT2D eigenvalue weighted by molar-refractivity contribution is 0.0722. The topological polar surface area (TPSA) is 37.3 Å². The molecule has 1 saturated carbocycles. The van der Waals surface area contributed by atoms with Crippen LogP contribution >= 0.6 is 0 Å². The number of allylic oxidation sites excluding steroid dienone is 1. The third-order valence-electron chi connectivity index (χ3n) is 5.98. The number of aliphatic hydroxyl groups excluding tert-OH is 1. The van der Waals surface area contributed by atoms with Crippen LogP contribution in [0, 0.1) is 11.8 Å². The van der Waals surface area contributed by atoms with Crippen molar-refractivity contribution >= 4 is 5.78 Å². The quantitative estimate of drug-likeness (QED) is 0.459. The van der Waals surface area contributed by atoms with E-state index in [4.69, 9.17) is 0 Å². The lowest BCUT2D eigenvalue weighted by Crippen LogP contribution is -2.20. The predicted molar refractivity (Wildman–Crippen MR) is 112 cm³/mol. The smallest absolute Gasteiger partial charge is 0.185 e. The van der Waals surface area contributed by atoms with Crippen molar-refractivity contribution < 1.29 is 9.90 Å². The van der Waals surface area contributed by atoms with Crippen molar-refractivity contribution in [1.29, 1.82) is 0 Å². The molecule has 3 rings (SSSR count). The molecule has 1 fully saturated rings. The summed E-state index contributed by atoms with van der Waals surface area (Å²) in [5.74, 6) is 1.18. The molecule has 1 aliphatic rings. The summed E-state index contributed by atoms with van der Waals surface area (Å²) in [4.78, 5) is 11.6. The first kappa shape index (κ1) is 19.6. The Morgan fingerprint density at radius 1 is 1.04 bits per heavy atom. The molecule has 142 valence electrons. The Morgan fingerprint density at radius 3 is 2.11 bits per heavy atom. The first-order chi connectivity index (χ1) is 13.1. The van der Waals surface area contributed by atoms with Gasteiger partial charge in [-0.1, -0.05) is 87.7 Å². The molecule has 0 amide bonds. The third-order valence-corrected chi connectivity index (χ3v) is 5.98. The minimum Gasteiger partial charge on any atom is -0.388 e. The van der Waals surface area contributed by atoms with E-state index in [0.29, 0.717) is 11.5 Å². The average Bonchev–Trinajstić information content (AvgIpc) is 2.74. The monoisotopic (exact) mass is 362 g/mol. The van der Waals surface area contributed by atoms with E-state index in [1.807, 2.05) is 36.4 Å². The van der Waals surface area contributed by atoms with Crippen molar-refractivity contribution in [2.24, 2.45) is 11.8 Å². The lowest BCUT2D eigenvalue weighted by Gasteiger charge is -2.31.